The summed E-state index contributed by atoms with van der Waals surface area (Å²) in [6.07, 6.45) is 0.585. The first-order valence-corrected chi connectivity index (χ1v) is 7.27. The Labute approximate surface area is 156 Å². The molecule has 0 atom stereocenters. The minimum atomic E-state index is -4.46. The van der Waals surface area contributed by atoms with Crippen LogP contribution in [-0.4, -0.2) is 13.0 Å². The van der Waals surface area contributed by atoms with Crippen LogP contribution >= 0.6 is 0 Å². The summed E-state index contributed by atoms with van der Waals surface area (Å²) >= 11 is 0. The van der Waals surface area contributed by atoms with Gasteiger partial charge in [0.1, 0.15) is 10.1 Å². The average Bonchev–Trinajstić information content (AvgIpc) is 2.26. The number of hydrogen-bond donors (Lipinski definition) is 0. The van der Waals surface area contributed by atoms with Crippen LogP contribution in [0, 0.1) is 5.92 Å². The summed E-state index contributed by atoms with van der Waals surface area (Å²) < 4.78 is 34.5. The SMILES string of the molecule is CC(C)Cc1ccc2ccccc2c1S(=O)(=O)[O-].[K+]. The van der Waals surface area contributed by atoms with Gasteiger partial charge >= 0.3 is 51.4 Å². The van der Waals surface area contributed by atoms with Crippen LogP contribution < -0.4 is 51.4 Å². The fourth-order valence-corrected chi connectivity index (χ4v) is 3.11. The van der Waals surface area contributed by atoms with E-state index in [0.29, 0.717) is 23.3 Å². The summed E-state index contributed by atoms with van der Waals surface area (Å²) in [7, 11) is -4.46. The van der Waals surface area contributed by atoms with Crippen LogP contribution in [-0.2, 0) is 16.5 Å². The van der Waals surface area contributed by atoms with Gasteiger partial charge in [-0.3, -0.25) is 0 Å². The topological polar surface area (TPSA) is 57.2 Å². The van der Waals surface area contributed by atoms with Gasteiger partial charge in [0.15, 0.2) is 0 Å². The summed E-state index contributed by atoms with van der Waals surface area (Å²) in [4.78, 5) is -0.0608. The first-order valence-electron chi connectivity index (χ1n) is 5.86. The van der Waals surface area contributed by atoms with E-state index >= 15 is 0 Å². The summed E-state index contributed by atoms with van der Waals surface area (Å²) in [6, 6.07) is 10.7. The van der Waals surface area contributed by atoms with Gasteiger partial charge in [0.25, 0.3) is 0 Å². The summed E-state index contributed by atoms with van der Waals surface area (Å²) in [5.74, 6) is 0.298. The van der Waals surface area contributed by atoms with Crippen LogP contribution in [0.3, 0.4) is 0 Å². The molecule has 5 heteroatoms. The fraction of sp³-hybridized carbons (Fsp3) is 0.286. The van der Waals surface area contributed by atoms with Gasteiger partial charge in [-0.2, -0.15) is 0 Å². The molecule has 0 saturated carbocycles. The van der Waals surface area contributed by atoms with Crippen molar-refractivity contribution in [3.05, 3.63) is 42.0 Å². The van der Waals surface area contributed by atoms with E-state index in [4.69, 9.17) is 0 Å². The Kier molecular flexibility index (Phi) is 6.19. The average molecular weight is 302 g/mol. The molecule has 0 fully saturated rings. The smallest absolute Gasteiger partial charge is 0.744 e. The molecular formula is C14H15KO3S. The molecule has 0 N–H and O–H groups in total. The molecule has 0 radical (unpaired) electrons. The molecule has 96 valence electrons. The molecule has 0 spiro atoms. The van der Waals surface area contributed by atoms with E-state index in [2.05, 4.69) is 0 Å². The van der Waals surface area contributed by atoms with Crippen LogP contribution in [0.5, 0.6) is 0 Å². The normalized spacial score (nSPS) is 11.6. The van der Waals surface area contributed by atoms with Gasteiger partial charge in [-0.1, -0.05) is 50.2 Å². The predicted octanol–water partition coefficient (Wildman–Crippen LogP) is -0.0536. The van der Waals surface area contributed by atoms with Crippen molar-refractivity contribution in [3.8, 4) is 0 Å². The molecule has 0 aliphatic carbocycles. The van der Waals surface area contributed by atoms with E-state index < -0.39 is 10.1 Å². The second-order valence-corrected chi connectivity index (χ2v) is 6.14. The number of rotatable bonds is 3. The fourth-order valence-electron chi connectivity index (χ4n) is 2.18. The third-order valence-corrected chi connectivity index (χ3v) is 3.82. The Balaban J connectivity index is 0.00000180. The monoisotopic (exact) mass is 302 g/mol. The molecule has 0 saturated heterocycles. The molecule has 3 nitrogen and oxygen atoms in total. The minimum absolute atomic E-state index is 0. The van der Waals surface area contributed by atoms with E-state index in [1.54, 1.807) is 18.2 Å². The zero-order valence-electron chi connectivity index (χ0n) is 11.4. The maximum Gasteiger partial charge on any atom is 1.00 e. The maximum atomic E-state index is 11.5. The van der Waals surface area contributed by atoms with Crippen molar-refractivity contribution in [1.82, 2.24) is 0 Å². The van der Waals surface area contributed by atoms with Crippen LogP contribution in [0.4, 0.5) is 0 Å². The Morgan fingerprint density at radius 2 is 1.74 bits per heavy atom. The largest absolute Gasteiger partial charge is 1.00 e. The molecule has 0 aliphatic heterocycles. The summed E-state index contributed by atoms with van der Waals surface area (Å²) in [6.45, 7) is 3.99. The van der Waals surface area contributed by atoms with Crippen LogP contribution in [0.2, 0.25) is 0 Å². The molecule has 0 amide bonds. The molecule has 19 heavy (non-hydrogen) atoms. The molecule has 0 bridgehead atoms. The predicted molar refractivity (Wildman–Crippen MR) is 70.5 cm³/mol. The van der Waals surface area contributed by atoms with Crippen molar-refractivity contribution in [2.75, 3.05) is 0 Å². The molecule has 0 heterocycles. The Morgan fingerprint density at radius 1 is 1.11 bits per heavy atom. The van der Waals surface area contributed by atoms with Gasteiger partial charge in [0.05, 0.1) is 4.90 Å². The number of benzene rings is 2. The van der Waals surface area contributed by atoms with Crippen LogP contribution in [0.15, 0.2) is 41.3 Å². The van der Waals surface area contributed by atoms with E-state index in [1.807, 2.05) is 32.0 Å². The van der Waals surface area contributed by atoms with Crippen LogP contribution in [0.1, 0.15) is 19.4 Å². The standard InChI is InChI=1S/C14H16O3S.K/c1-10(2)9-12-8-7-11-5-3-4-6-13(11)14(12)18(15,16)17;/h3-8,10H,9H2,1-2H3,(H,15,16,17);/q;+1/p-1. The zero-order valence-corrected chi connectivity index (χ0v) is 15.3. The van der Waals surface area contributed by atoms with Gasteiger partial charge in [-0.05, 0) is 28.7 Å². The second kappa shape index (κ2) is 6.80. The molecule has 0 unspecified atom stereocenters. The van der Waals surface area contributed by atoms with Crippen molar-refractivity contribution in [1.29, 1.82) is 0 Å². The second-order valence-electron chi connectivity index (χ2n) is 4.83. The van der Waals surface area contributed by atoms with Gasteiger partial charge < -0.3 is 4.55 Å². The van der Waals surface area contributed by atoms with Gasteiger partial charge in [-0.15, -0.1) is 0 Å². The molecule has 0 aliphatic rings. The van der Waals surface area contributed by atoms with Crippen molar-refractivity contribution >= 4 is 20.9 Å². The quantitative estimate of drug-likeness (QED) is 0.590. The summed E-state index contributed by atoms with van der Waals surface area (Å²) in [5.41, 5.74) is 0.610. The molecule has 2 aromatic carbocycles. The Bertz CT molecular complexity index is 678. The van der Waals surface area contributed by atoms with Crippen molar-refractivity contribution < 1.29 is 64.4 Å². The minimum Gasteiger partial charge on any atom is -0.744 e. The van der Waals surface area contributed by atoms with Crippen molar-refractivity contribution in [2.45, 2.75) is 25.2 Å². The number of hydrogen-bond acceptors (Lipinski definition) is 3. The van der Waals surface area contributed by atoms with E-state index in [1.165, 1.54) is 0 Å². The number of fused-ring (bicyclic) bond motifs is 1. The Hall–Kier alpha value is 0.246. The van der Waals surface area contributed by atoms with E-state index in [9.17, 15) is 13.0 Å². The van der Waals surface area contributed by atoms with E-state index in [-0.39, 0.29) is 56.3 Å². The Morgan fingerprint density at radius 3 is 2.32 bits per heavy atom. The van der Waals surface area contributed by atoms with Gasteiger partial charge in [0.2, 0.25) is 0 Å². The van der Waals surface area contributed by atoms with Crippen LogP contribution in [0.25, 0.3) is 10.8 Å². The first-order chi connectivity index (χ1) is 8.39. The van der Waals surface area contributed by atoms with Gasteiger partial charge in [-0.25, -0.2) is 8.42 Å². The third-order valence-electron chi connectivity index (χ3n) is 2.84. The maximum absolute atomic E-state index is 11.5. The molecule has 2 rings (SSSR count). The van der Waals surface area contributed by atoms with E-state index in [0.717, 1.165) is 5.39 Å². The van der Waals surface area contributed by atoms with Crippen molar-refractivity contribution in [3.63, 3.8) is 0 Å². The molecular weight excluding hydrogens is 287 g/mol. The first kappa shape index (κ1) is 17.3. The molecule has 2 aromatic rings. The van der Waals surface area contributed by atoms with Crippen molar-refractivity contribution in [2.24, 2.45) is 5.92 Å². The summed E-state index contributed by atoms with van der Waals surface area (Å²) in [5, 5.41) is 1.30. The van der Waals surface area contributed by atoms with Gasteiger partial charge in [0, 0.05) is 0 Å². The third kappa shape index (κ3) is 4.11. The zero-order chi connectivity index (χ0) is 13.3. The molecule has 0 aromatic heterocycles.